The predicted octanol–water partition coefficient (Wildman–Crippen LogP) is 4.33. The van der Waals surface area contributed by atoms with Crippen molar-refractivity contribution < 1.29 is 9.47 Å². The first kappa shape index (κ1) is 11.9. The molecule has 1 aromatic rings. The molecule has 0 spiro atoms. The van der Waals surface area contributed by atoms with Gasteiger partial charge in [0.15, 0.2) is 0 Å². The van der Waals surface area contributed by atoms with Crippen LogP contribution in [0.4, 0.5) is 0 Å². The fourth-order valence-electron chi connectivity index (χ4n) is 3.02. The molecule has 2 aliphatic rings. The van der Waals surface area contributed by atoms with E-state index in [4.69, 9.17) is 9.47 Å². The zero-order chi connectivity index (χ0) is 12.2. The Hall–Kier alpha value is -1.18. The molecular formula is C16H22O2. The molecule has 2 saturated carbocycles. The average Bonchev–Trinajstić information content (AvgIpc) is 3.03. The van der Waals surface area contributed by atoms with Crippen LogP contribution in [0.3, 0.4) is 0 Å². The van der Waals surface area contributed by atoms with Gasteiger partial charge in [0.05, 0.1) is 12.2 Å². The van der Waals surface area contributed by atoms with Crippen LogP contribution in [-0.4, -0.2) is 12.2 Å². The van der Waals surface area contributed by atoms with Crippen LogP contribution in [-0.2, 0) is 0 Å². The highest BCUT2D eigenvalue weighted by Gasteiger charge is 2.18. The maximum Gasteiger partial charge on any atom is 0.123 e. The molecule has 1 aromatic carbocycles. The minimum atomic E-state index is 0.423. The Morgan fingerprint density at radius 3 is 1.61 bits per heavy atom. The van der Waals surface area contributed by atoms with E-state index in [0.29, 0.717) is 12.2 Å². The molecule has 0 unspecified atom stereocenters. The van der Waals surface area contributed by atoms with E-state index in [1.165, 1.54) is 51.4 Å². The first-order valence-corrected chi connectivity index (χ1v) is 7.33. The Morgan fingerprint density at radius 1 is 0.722 bits per heavy atom. The van der Waals surface area contributed by atoms with Crippen molar-refractivity contribution in [3.05, 3.63) is 24.3 Å². The SMILES string of the molecule is c1cc(OC2CCCC2)cc(OC2CCCC2)c1. The fourth-order valence-corrected chi connectivity index (χ4v) is 3.02. The Balaban J connectivity index is 1.60. The molecule has 0 atom stereocenters. The van der Waals surface area contributed by atoms with Gasteiger partial charge in [0.1, 0.15) is 11.5 Å². The Kier molecular flexibility index (Phi) is 3.72. The molecule has 0 saturated heterocycles. The minimum Gasteiger partial charge on any atom is -0.490 e. The molecule has 18 heavy (non-hydrogen) atoms. The molecule has 2 aliphatic carbocycles. The minimum absolute atomic E-state index is 0.423. The lowest BCUT2D eigenvalue weighted by atomic mass is 10.2. The van der Waals surface area contributed by atoms with Gasteiger partial charge in [0, 0.05) is 6.07 Å². The lowest BCUT2D eigenvalue weighted by Crippen LogP contribution is -2.12. The van der Waals surface area contributed by atoms with Crippen molar-refractivity contribution in [2.75, 3.05) is 0 Å². The standard InChI is InChI=1S/C16H22O2/c1-2-7-13(6-1)17-15-10-5-11-16(12-15)18-14-8-3-4-9-14/h5,10-14H,1-4,6-9H2. The van der Waals surface area contributed by atoms with Gasteiger partial charge in [0.2, 0.25) is 0 Å². The quantitative estimate of drug-likeness (QED) is 0.787. The predicted molar refractivity (Wildman–Crippen MR) is 72.2 cm³/mol. The molecule has 0 heterocycles. The number of hydrogen-bond donors (Lipinski definition) is 0. The lowest BCUT2D eigenvalue weighted by molar-refractivity contribution is 0.198. The molecule has 2 fully saturated rings. The molecule has 0 bridgehead atoms. The van der Waals surface area contributed by atoms with E-state index in [1.54, 1.807) is 0 Å². The average molecular weight is 246 g/mol. The monoisotopic (exact) mass is 246 g/mol. The topological polar surface area (TPSA) is 18.5 Å². The summed E-state index contributed by atoms with van der Waals surface area (Å²) in [5.74, 6) is 1.94. The summed E-state index contributed by atoms with van der Waals surface area (Å²) in [6.07, 6.45) is 10.9. The highest BCUT2D eigenvalue weighted by molar-refractivity contribution is 5.33. The molecule has 98 valence electrons. The second kappa shape index (κ2) is 5.64. The molecule has 0 amide bonds. The fraction of sp³-hybridized carbons (Fsp3) is 0.625. The largest absolute Gasteiger partial charge is 0.490 e. The zero-order valence-corrected chi connectivity index (χ0v) is 10.9. The summed E-state index contributed by atoms with van der Waals surface area (Å²) < 4.78 is 12.0. The number of benzene rings is 1. The van der Waals surface area contributed by atoms with Crippen LogP contribution >= 0.6 is 0 Å². The highest BCUT2D eigenvalue weighted by atomic mass is 16.5. The second-order valence-corrected chi connectivity index (χ2v) is 5.52. The second-order valence-electron chi connectivity index (χ2n) is 5.52. The van der Waals surface area contributed by atoms with Gasteiger partial charge in [-0.25, -0.2) is 0 Å². The van der Waals surface area contributed by atoms with Crippen molar-refractivity contribution in [1.29, 1.82) is 0 Å². The van der Waals surface area contributed by atoms with E-state index in [1.807, 2.05) is 18.2 Å². The van der Waals surface area contributed by atoms with E-state index in [2.05, 4.69) is 6.07 Å². The third-order valence-electron chi connectivity index (χ3n) is 4.02. The number of rotatable bonds is 4. The van der Waals surface area contributed by atoms with Gasteiger partial charge >= 0.3 is 0 Å². The Bertz CT molecular complexity index is 343. The summed E-state index contributed by atoms with van der Waals surface area (Å²) in [7, 11) is 0. The van der Waals surface area contributed by atoms with Gasteiger partial charge in [-0.1, -0.05) is 6.07 Å². The number of ether oxygens (including phenoxy) is 2. The lowest BCUT2D eigenvalue weighted by Gasteiger charge is -2.16. The van der Waals surface area contributed by atoms with Gasteiger partial charge < -0.3 is 9.47 Å². The first-order chi connectivity index (χ1) is 8.90. The van der Waals surface area contributed by atoms with Crippen molar-refractivity contribution >= 4 is 0 Å². The maximum absolute atomic E-state index is 6.00. The smallest absolute Gasteiger partial charge is 0.123 e. The summed E-state index contributed by atoms with van der Waals surface area (Å²) in [6, 6.07) is 8.17. The number of hydrogen-bond acceptors (Lipinski definition) is 2. The Labute approximate surface area is 109 Å². The van der Waals surface area contributed by atoms with Crippen LogP contribution in [0.15, 0.2) is 24.3 Å². The van der Waals surface area contributed by atoms with Gasteiger partial charge in [-0.05, 0) is 63.5 Å². The normalized spacial score (nSPS) is 21.3. The molecule has 0 aliphatic heterocycles. The van der Waals surface area contributed by atoms with Gasteiger partial charge in [-0.2, -0.15) is 0 Å². The van der Waals surface area contributed by atoms with Crippen molar-refractivity contribution in [3.63, 3.8) is 0 Å². The summed E-state index contributed by atoms with van der Waals surface area (Å²) in [5, 5.41) is 0. The van der Waals surface area contributed by atoms with E-state index >= 15 is 0 Å². The summed E-state index contributed by atoms with van der Waals surface area (Å²) >= 11 is 0. The van der Waals surface area contributed by atoms with E-state index in [9.17, 15) is 0 Å². The van der Waals surface area contributed by atoms with Crippen LogP contribution in [0.5, 0.6) is 11.5 Å². The van der Waals surface area contributed by atoms with Crippen LogP contribution in [0.1, 0.15) is 51.4 Å². The molecule has 2 nitrogen and oxygen atoms in total. The molecule has 0 N–H and O–H groups in total. The van der Waals surface area contributed by atoms with E-state index in [-0.39, 0.29) is 0 Å². The third kappa shape index (κ3) is 2.98. The zero-order valence-electron chi connectivity index (χ0n) is 10.9. The van der Waals surface area contributed by atoms with Crippen molar-refractivity contribution in [2.45, 2.75) is 63.6 Å². The van der Waals surface area contributed by atoms with Crippen molar-refractivity contribution in [3.8, 4) is 11.5 Å². The molecule has 0 aromatic heterocycles. The van der Waals surface area contributed by atoms with Gasteiger partial charge in [0.25, 0.3) is 0 Å². The Morgan fingerprint density at radius 2 is 1.17 bits per heavy atom. The third-order valence-corrected chi connectivity index (χ3v) is 4.02. The van der Waals surface area contributed by atoms with Crippen LogP contribution in [0.2, 0.25) is 0 Å². The molecule has 0 radical (unpaired) electrons. The summed E-state index contributed by atoms with van der Waals surface area (Å²) in [6.45, 7) is 0. The molecular weight excluding hydrogens is 224 g/mol. The highest BCUT2D eigenvalue weighted by Crippen LogP contribution is 2.29. The molecule has 2 heteroatoms. The van der Waals surface area contributed by atoms with Crippen LogP contribution in [0, 0.1) is 0 Å². The van der Waals surface area contributed by atoms with Crippen molar-refractivity contribution in [1.82, 2.24) is 0 Å². The summed E-state index contributed by atoms with van der Waals surface area (Å²) in [4.78, 5) is 0. The van der Waals surface area contributed by atoms with Crippen molar-refractivity contribution in [2.24, 2.45) is 0 Å². The van der Waals surface area contributed by atoms with E-state index < -0.39 is 0 Å². The summed E-state index contributed by atoms with van der Waals surface area (Å²) in [5.41, 5.74) is 0. The van der Waals surface area contributed by atoms with Crippen LogP contribution < -0.4 is 9.47 Å². The first-order valence-electron chi connectivity index (χ1n) is 7.33. The van der Waals surface area contributed by atoms with Gasteiger partial charge in [-0.15, -0.1) is 0 Å². The van der Waals surface area contributed by atoms with E-state index in [0.717, 1.165) is 11.5 Å². The molecule has 3 rings (SSSR count). The van der Waals surface area contributed by atoms with Crippen LogP contribution in [0.25, 0.3) is 0 Å². The van der Waals surface area contributed by atoms with Gasteiger partial charge in [-0.3, -0.25) is 0 Å². The maximum atomic E-state index is 6.00.